The van der Waals surface area contributed by atoms with Gasteiger partial charge in [0.1, 0.15) is 4.83 Å². The van der Waals surface area contributed by atoms with Crippen molar-refractivity contribution in [3.63, 3.8) is 0 Å². The topological polar surface area (TPSA) is 44.1 Å². The highest BCUT2D eigenvalue weighted by molar-refractivity contribution is 7.99. The van der Waals surface area contributed by atoms with Crippen molar-refractivity contribution < 1.29 is 4.74 Å². The molecule has 0 N–H and O–H groups in total. The van der Waals surface area contributed by atoms with Crippen LogP contribution in [-0.4, -0.2) is 20.9 Å². The zero-order valence-corrected chi connectivity index (χ0v) is 16.2. The fraction of sp³-hybridized carbons (Fsp3) is 0.368. The lowest BCUT2D eigenvalue weighted by Gasteiger charge is -2.29. The van der Waals surface area contributed by atoms with Crippen LogP contribution < -0.4 is 5.56 Å². The van der Waals surface area contributed by atoms with Gasteiger partial charge in [0.05, 0.1) is 23.3 Å². The minimum Gasteiger partial charge on any atom is -0.370 e. The molecule has 3 aromatic rings. The number of thioether (sulfide) groups is 1. The maximum atomic E-state index is 13.4. The number of fused-ring (bicyclic) bond motifs is 3. The molecule has 0 radical (unpaired) electrons. The van der Waals surface area contributed by atoms with Gasteiger partial charge in [-0.15, -0.1) is 11.3 Å². The fourth-order valence-electron chi connectivity index (χ4n) is 3.20. The smallest absolute Gasteiger partial charge is 0.267 e. The Morgan fingerprint density at radius 3 is 2.80 bits per heavy atom. The lowest BCUT2D eigenvalue weighted by atomic mass is 9.94. The Labute approximate surface area is 154 Å². The van der Waals surface area contributed by atoms with E-state index in [4.69, 9.17) is 9.72 Å². The van der Waals surface area contributed by atoms with Gasteiger partial charge in [-0.05, 0) is 37.3 Å². The Morgan fingerprint density at radius 2 is 2.08 bits per heavy atom. The number of benzene rings is 1. The number of hydrogen-bond donors (Lipinski definition) is 0. The summed E-state index contributed by atoms with van der Waals surface area (Å²) in [5.41, 5.74) is 1.76. The molecule has 0 fully saturated rings. The zero-order chi connectivity index (χ0) is 17.6. The van der Waals surface area contributed by atoms with Gasteiger partial charge in [0.25, 0.3) is 5.56 Å². The first kappa shape index (κ1) is 16.8. The summed E-state index contributed by atoms with van der Waals surface area (Å²) >= 11 is 3.19. The molecule has 0 unspecified atom stereocenters. The largest absolute Gasteiger partial charge is 0.370 e. The minimum absolute atomic E-state index is 0.0300. The maximum absolute atomic E-state index is 13.4. The van der Waals surface area contributed by atoms with E-state index in [1.165, 1.54) is 0 Å². The molecular weight excluding hydrogens is 352 g/mol. The van der Waals surface area contributed by atoms with Crippen molar-refractivity contribution in [2.24, 2.45) is 0 Å². The van der Waals surface area contributed by atoms with E-state index in [9.17, 15) is 4.79 Å². The van der Waals surface area contributed by atoms with Crippen LogP contribution in [0.5, 0.6) is 0 Å². The van der Waals surface area contributed by atoms with E-state index in [0.29, 0.717) is 6.61 Å². The third-order valence-corrected chi connectivity index (χ3v) is 6.28. The van der Waals surface area contributed by atoms with Crippen LogP contribution in [0.25, 0.3) is 15.9 Å². The van der Waals surface area contributed by atoms with Gasteiger partial charge < -0.3 is 4.74 Å². The van der Waals surface area contributed by atoms with Gasteiger partial charge in [-0.3, -0.25) is 9.36 Å². The highest BCUT2D eigenvalue weighted by atomic mass is 32.2. The molecule has 1 aromatic carbocycles. The van der Waals surface area contributed by atoms with Crippen LogP contribution in [0.2, 0.25) is 0 Å². The Bertz CT molecular complexity index is 990. The van der Waals surface area contributed by atoms with Crippen LogP contribution in [0.3, 0.4) is 0 Å². The van der Waals surface area contributed by atoms with E-state index in [0.717, 1.165) is 43.7 Å². The molecule has 1 aliphatic heterocycles. The van der Waals surface area contributed by atoms with Crippen LogP contribution in [0.4, 0.5) is 0 Å². The molecule has 25 heavy (non-hydrogen) atoms. The van der Waals surface area contributed by atoms with E-state index < -0.39 is 0 Å². The van der Waals surface area contributed by atoms with Gasteiger partial charge in [-0.1, -0.05) is 36.9 Å². The maximum Gasteiger partial charge on any atom is 0.267 e. The molecule has 0 spiro atoms. The molecule has 130 valence electrons. The SMILES string of the molecule is CCSc1nc2sc3c(c2c(=O)n1-c1ccccc1)CC(C)(C)OC3. The standard InChI is InChI=1S/C19H20N2O2S2/c1-4-24-18-20-16-15(13-10-19(2,3)23-11-14(13)25-16)17(22)21(18)12-8-6-5-7-9-12/h5-9H,4,10-11H2,1-3H3. The summed E-state index contributed by atoms with van der Waals surface area (Å²) in [6, 6.07) is 9.78. The monoisotopic (exact) mass is 372 g/mol. The average Bonchev–Trinajstić information content (AvgIpc) is 2.92. The van der Waals surface area contributed by atoms with E-state index in [2.05, 4.69) is 20.8 Å². The Hall–Kier alpha value is -1.63. The van der Waals surface area contributed by atoms with Gasteiger partial charge in [0.15, 0.2) is 5.16 Å². The lowest BCUT2D eigenvalue weighted by molar-refractivity contribution is -0.0379. The number of aromatic nitrogens is 2. The summed E-state index contributed by atoms with van der Waals surface area (Å²) in [4.78, 5) is 20.3. The molecule has 3 heterocycles. The van der Waals surface area contributed by atoms with E-state index in [1.54, 1.807) is 27.7 Å². The van der Waals surface area contributed by atoms with Crippen molar-refractivity contribution >= 4 is 33.3 Å². The number of thiophene rings is 1. The number of para-hydroxylation sites is 1. The third kappa shape index (κ3) is 2.92. The molecule has 2 aromatic heterocycles. The highest BCUT2D eigenvalue weighted by Gasteiger charge is 2.31. The lowest BCUT2D eigenvalue weighted by Crippen LogP contribution is -2.32. The molecule has 4 rings (SSSR count). The molecule has 0 aliphatic carbocycles. The normalized spacial score (nSPS) is 16.1. The number of hydrogen-bond acceptors (Lipinski definition) is 5. The van der Waals surface area contributed by atoms with Crippen molar-refractivity contribution in [3.8, 4) is 5.69 Å². The van der Waals surface area contributed by atoms with Crippen LogP contribution in [0, 0.1) is 0 Å². The van der Waals surface area contributed by atoms with Crippen molar-refractivity contribution in [2.45, 2.75) is 44.6 Å². The van der Waals surface area contributed by atoms with Gasteiger partial charge in [-0.25, -0.2) is 4.98 Å². The molecule has 0 saturated carbocycles. The molecule has 0 amide bonds. The first-order valence-electron chi connectivity index (χ1n) is 8.39. The second kappa shape index (κ2) is 6.27. The Balaban J connectivity index is 2.02. The van der Waals surface area contributed by atoms with Crippen molar-refractivity contribution in [1.82, 2.24) is 9.55 Å². The molecular formula is C19H20N2O2S2. The van der Waals surface area contributed by atoms with Gasteiger partial charge in [-0.2, -0.15) is 0 Å². The molecule has 0 saturated heterocycles. The van der Waals surface area contributed by atoms with Gasteiger partial charge >= 0.3 is 0 Å². The summed E-state index contributed by atoms with van der Waals surface area (Å²) < 4.78 is 7.68. The van der Waals surface area contributed by atoms with Crippen LogP contribution >= 0.6 is 23.1 Å². The second-order valence-corrected chi connectivity index (χ2v) is 9.03. The minimum atomic E-state index is -0.248. The van der Waals surface area contributed by atoms with E-state index in [-0.39, 0.29) is 11.2 Å². The second-order valence-electron chi connectivity index (χ2n) is 6.71. The van der Waals surface area contributed by atoms with Crippen LogP contribution in [-0.2, 0) is 17.8 Å². The van der Waals surface area contributed by atoms with E-state index in [1.807, 2.05) is 30.3 Å². The molecule has 4 nitrogen and oxygen atoms in total. The third-order valence-electron chi connectivity index (χ3n) is 4.36. The average molecular weight is 373 g/mol. The molecule has 0 atom stereocenters. The summed E-state index contributed by atoms with van der Waals surface area (Å²) in [5.74, 6) is 0.867. The number of nitrogens with zero attached hydrogens (tertiary/aromatic N) is 2. The Kier molecular flexibility index (Phi) is 4.22. The van der Waals surface area contributed by atoms with Crippen molar-refractivity contribution in [2.75, 3.05) is 5.75 Å². The first-order valence-corrected chi connectivity index (χ1v) is 10.2. The molecule has 6 heteroatoms. The van der Waals surface area contributed by atoms with Crippen LogP contribution in [0.1, 0.15) is 31.2 Å². The number of ether oxygens (including phenoxy) is 1. The van der Waals surface area contributed by atoms with Gasteiger partial charge in [0, 0.05) is 11.3 Å². The Morgan fingerprint density at radius 1 is 1.32 bits per heavy atom. The summed E-state index contributed by atoms with van der Waals surface area (Å²) in [6.45, 7) is 6.78. The quantitative estimate of drug-likeness (QED) is 0.505. The molecule has 0 bridgehead atoms. The summed E-state index contributed by atoms with van der Waals surface area (Å²) in [7, 11) is 0. The predicted octanol–water partition coefficient (Wildman–Crippen LogP) is 4.41. The van der Waals surface area contributed by atoms with Crippen molar-refractivity contribution in [3.05, 3.63) is 51.1 Å². The predicted molar refractivity (Wildman–Crippen MR) is 104 cm³/mol. The summed E-state index contributed by atoms with van der Waals surface area (Å²) in [6.07, 6.45) is 0.744. The van der Waals surface area contributed by atoms with Crippen molar-refractivity contribution in [1.29, 1.82) is 0 Å². The zero-order valence-electron chi connectivity index (χ0n) is 14.5. The first-order chi connectivity index (χ1) is 12.0. The fourth-order valence-corrected chi connectivity index (χ4v) is 5.09. The number of rotatable bonds is 3. The summed E-state index contributed by atoms with van der Waals surface area (Å²) in [5, 5.41) is 1.52. The van der Waals surface area contributed by atoms with Crippen LogP contribution in [0.15, 0.2) is 40.3 Å². The molecule has 1 aliphatic rings. The van der Waals surface area contributed by atoms with E-state index >= 15 is 0 Å². The highest BCUT2D eigenvalue weighted by Crippen LogP contribution is 2.37. The van der Waals surface area contributed by atoms with Gasteiger partial charge in [0.2, 0.25) is 0 Å².